The van der Waals surface area contributed by atoms with E-state index in [9.17, 15) is 0 Å². The maximum atomic E-state index is 6.22. The van der Waals surface area contributed by atoms with Crippen LogP contribution in [0.1, 0.15) is 51.9 Å². The summed E-state index contributed by atoms with van der Waals surface area (Å²) in [4.78, 5) is 0. The minimum atomic E-state index is 0.261. The molecule has 0 spiro atoms. The molecule has 2 atom stereocenters. The summed E-state index contributed by atoms with van der Waals surface area (Å²) >= 11 is 0. The summed E-state index contributed by atoms with van der Waals surface area (Å²) in [7, 11) is 0. The molecular formula is C14H27N3. The predicted octanol–water partition coefficient (Wildman–Crippen LogP) is 2.77. The van der Waals surface area contributed by atoms with Gasteiger partial charge in [0, 0.05) is 24.7 Å². The Balaban J connectivity index is 2.63. The fourth-order valence-corrected chi connectivity index (χ4v) is 2.16. The van der Waals surface area contributed by atoms with Crippen LogP contribution in [0.5, 0.6) is 0 Å². The van der Waals surface area contributed by atoms with Gasteiger partial charge >= 0.3 is 0 Å². The van der Waals surface area contributed by atoms with E-state index in [4.69, 9.17) is 5.73 Å². The Morgan fingerprint density at radius 3 is 2.59 bits per heavy atom. The second-order valence-corrected chi connectivity index (χ2v) is 5.01. The molecule has 17 heavy (non-hydrogen) atoms. The van der Waals surface area contributed by atoms with Gasteiger partial charge in [0.2, 0.25) is 0 Å². The fourth-order valence-electron chi connectivity index (χ4n) is 2.16. The largest absolute Gasteiger partial charge is 0.327 e. The number of hydrogen-bond donors (Lipinski definition) is 1. The Morgan fingerprint density at radius 1 is 1.35 bits per heavy atom. The van der Waals surface area contributed by atoms with Crippen LogP contribution in [0, 0.1) is 5.92 Å². The van der Waals surface area contributed by atoms with Crippen LogP contribution < -0.4 is 5.73 Å². The van der Waals surface area contributed by atoms with Crippen LogP contribution in [0.4, 0.5) is 0 Å². The maximum Gasteiger partial charge on any atom is 0.0624 e. The van der Waals surface area contributed by atoms with Crippen LogP contribution in [0.3, 0.4) is 0 Å². The Kier molecular flexibility index (Phi) is 5.69. The number of aryl methyl sites for hydroxylation is 2. The number of nitrogens with two attached hydrogens (primary N) is 1. The first-order valence-electron chi connectivity index (χ1n) is 6.91. The second kappa shape index (κ2) is 6.80. The molecule has 0 radical (unpaired) electrons. The molecule has 0 bridgehead atoms. The Morgan fingerprint density at radius 2 is 2.06 bits per heavy atom. The molecule has 0 fully saturated rings. The highest BCUT2D eigenvalue weighted by atomic mass is 15.3. The van der Waals surface area contributed by atoms with Gasteiger partial charge in [-0.1, -0.05) is 27.2 Å². The van der Waals surface area contributed by atoms with Crippen LogP contribution in [-0.4, -0.2) is 15.8 Å². The molecule has 2 N–H and O–H groups in total. The topological polar surface area (TPSA) is 43.8 Å². The lowest BCUT2D eigenvalue weighted by Crippen LogP contribution is -2.26. The number of nitrogens with zero attached hydrogens (tertiary/aromatic N) is 2. The molecule has 1 aromatic heterocycles. The molecule has 1 rings (SSSR count). The van der Waals surface area contributed by atoms with Crippen LogP contribution in [-0.2, 0) is 19.4 Å². The van der Waals surface area contributed by atoms with Gasteiger partial charge in [0.1, 0.15) is 0 Å². The molecule has 0 aromatic carbocycles. The third kappa shape index (κ3) is 4.15. The Labute approximate surface area is 105 Å². The molecule has 0 saturated carbocycles. The third-order valence-electron chi connectivity index (χ3n) is 3.45. The normalized spacial score (nSPS) is 14.9. The van der Waals surface area contributed by atoms with E-state index in [1.54, 1.807) is 0 Å². The SMILES string of the molecule is CCc1cc(CC(N)CC(C)CC)n(CC)n1. The predicted molar refractivity (Wildman–Crippen MR) is 73.0 cm³/mol. The molecule has 1 heterocycles. The van der Waals surface area contributed by atoms with Gasteiger partial charge in [-0.05, 0) is 31.7 Å². The van der Waals surface area contributed by atoms with E-state index in [-0.39, 0.29) is 6.04 Å². The molecule has 0 aliphatic rings. The summed E-state index contributed by atoms with van der Waals surface area (Å²) in [5, 5.41) is 4.56. The molecule has 3 nitrogen and oxygen atoms in total. The van der Waals surface area contributed by atoms with Crippen LogP contribution >= 0.6 is 0 Å². The lowest BCUT2D eigenvalue weighted by molar-refractivity contribution is 0.441. The van der Waals surface area contributed by atoms with Gasteiger partial charge < -0.3 is 5.73 Å². The average Bonchev–Trinajstić information content (AvgIpc) is 2.70. The second-order valence-electron chi connectivity index (χ2n) is 5.01. The van der Waals surface area contributed by atoms with Crippen molar-refractivity contribution in [2.45, 2.75) is 66.0 Å². The van der Waals surface area contributed by atoms with Crippen molar-refractivity contribution in [2.75, 3.05) is 0 Å². The van der Waals surface area contributed by atoms with Gasteiger partial charge in [0.05, 0.1) is 5.69 Å². The van der Waals surface area contributed by atoms with E-state index in [0.717, 1.165) is 25.8 Å². The summed E-state index contributed by atoms with van der Waals surface area (Å²) < 4.78 is 2.09. The minimum Gasteiger partial charge on any atom is -0.327 e. The molecule has 0 amide bonds. The van der Waals surface area contributed by atoms with Gasteiger partial charge in [0.25, 0.3) is 0 Å². The van der Waals surface area contributed by atoms with E-state index in [0.29, 0.717) is 5.92 Å². The molecule has 0 aliphatic carbocycles. The number of hydrogen-bond acceptors (Lipinski definition) is 2. The Hall–Kier alpha value is -0.830. The smallest absolute Gasteiger partial charge is 0.0624 e. The Bertz CT molecular complexity index is 330. The number of aromatic nitrogens is 2. The highest BCUT2D eigenvalue weighted by Gasteiger charge is 2.12. The van der Waals surface area contributed by atoms with Crippen LogP contribution in [0.25, 0.3) is 0 Å². The minimum absolute atomic E-state index is 0.261. The van der Waals surface area contributed by atoms with E-state index < -0.39 is 0 Å². The van der Waals surface area contributed by atoms with Crippen molar-refractivity contribution in [2.24, 2.45) is 11.7 Å². The van der Waals surface area contributed by atoms with Gasteiger partial charge in [-0.25, -0.2) is 0 Å². The van der Waals surface area contributed by atoms with Crippen molar-refractivity contribution in [1.29, 1.82) is 0 Å². The highest BCUT2D eigenvalue weighted by molar-refractivity contribution is 5.11. The zero-order valence-electron chi connectivity index (χ0n) is 11.7. The quantitative estimate of drug-likeness (QED) is 0.792. The first kappa shape index (κ1) is 14.2. The monoisotopic (exact) mass is 237 g/mol. The van der Waals surface area contributed by atoms with Crippen molar-refractivity contribution in [1.82, 2.24) is 9.78 Å². The first-order chi connectivity index (χ1) is 8.10. The zero-order valence-corrected chi connectivity index (χ0v) is 11.7. The molecule has 98 valence electrons. The van der Waals surface area contributed by atoms with Gasteiger partial charge in [0.15, 0.2) is 0 Å². The summed E-state index contributed by atoms with van der Waals surface area (Å²) in [6, 6.07) is 2.47. The van der Waals surface area contributed by atoms with Crippen molar-refractivity contribution >= 4 is 0 Å². The third-order valence-corrected chi connectivity index (χ3v) is 3.45. The zero-order chi connectivity index (χ0) is 12.8. The lowest BCUT2D eigenvalue weighted by Gasteiger charge is -2.16. The van der Waals surface area contributed by atoms with E-state index in [1.807, 2.05) is 0 Å². The van der Waals surface area contributed by atoms with Crippen LogP contribution in [0.15, 0.2) is 6.07 Å². The van der Waals surface area contributed by atoms with E-state index in [2.05, 4.69) is 43.5 Å². The number of rotatable bonds is 7. The summed E-state index contributed by atoms with van der Waals surface area (Å²) in [5.74, 6) is 0.716. The van der Waals surface area contributed by atoms with Crippen LogP contribution in [0.2, 0.25) is 0 Å². The van der Waals surface area contributed by atoms with Gasteiger partial charge in [-0.15, -0.1) is 0 Å². The van der Waals surface area contributed by atoms with Gasteiger partial charge in [-0.2, -0.15) is 5.10 Å². The molecule has 1 aromatic rings. The van der Waals surface area contributed by atoms with Crippen molar-refractivity contribution in [3.05, 3.63) is 17.5 Å². The maximum absolute atomic E-state index is 6.22. The fraction of sp³-hybridized carbons (Fsp3) is 0.786. The molecule has 0 aliphatic heterocycles. The molecular weight excluding hydrogens is 210 g/mol. The standard InChI is InChI=1S/C14H27N3/c1-5-11(4)8-12(15)9-14-10-13(6-2)16-17(14)7-3/h10-12H,5-9,15H2,1-4H3. The molecule has 3 heteroatoms. The van der Waals surface area contributed by atoms with Crippen molar-refractivity contribution < 1.29 is 0 Å². The van der Waals surface area contributed by atoms with Crippen molar-refractivity contribution in [3.8, 4) is 0 Å². The lowest BCUT2D eigenvalue weighted by atomic mass is 9.97. The van der Waals surface area contributed by atoms with E-state index in [1.165, 1.54) is 17.8 Å². The van der Waals surface area contributed by atoms with Gasteiger partial charge in [-0.3, -0.25) is 4.68 Å². The highest BCUT2D eigenvalue weighted by Crippen LogP contribution is 2.14. The molecule has 0 saturated heterocycles. The summed E-state index contributed by atoms with van der Waals surface area (Å²) in [6.07, 6.45) is 4.26. The summed E-state index contributed by atoms with van der Waals surface area (Å²) in [6.45, 7) is 9.71. The first-order valence-corrected chi connectivity index (χ1v) is 6.91. The van der Waals surface area contributed by atoms with E-state index >= 15 is 0 Å². The average molecular weight is 237 g/mol. The van der Waals surface area contributed by atoms with Crippen molar-refractivity contribution in [3.63, 3.8) is 0 Å². The summed E-state index contributed by atoms with van der Waals surface area (Å²) in [5.41, 5.74) is 8.69. The molecule has 2 unspecified atom stereocenters.